The fourth-order valence-corrected chi connectivity index (χ4v) is 1.03. The highest BCUT2D eigenvalue weighted by Gasteiger charge is 2.15. The van der Waals surface area contributed by atoms with E-state index in [2.05, 4.69) is 5.32 Å². The first kappa shape index (κ1) is 13.4. The maximum atomic E-state index is 11.3. The SMILES string of the molecule is CC(C)C[C@@H](N)C(=O)NCC(O)CO. The molecular weight excluding hydrogens is 184 g/mol. The van der Waals surface area contributed by atoms with Crippen LogP contribution in [-0.4, -0.2) is 41.4 Å². The van der Waals surface area contributed by atoms with E-state index < -0.39 is 12.1 Å². The van der Waals surface area contributed by atoms with Crippen molar-refractivity contribution in [2.45, 2.75) is 32.4 Å². The van der Waals surface area contributed by atoms with Crippen LogP contribution in [0.5, 0.6) is 0 Å². The van der Waals surface area contributed by atoms with E-state index in [1.165, 1.54) is 0 Å². The van der Waals surface area contributed by atoms with Gasteiger partial charge in [-0.1, -0.05) is 13.8 Å². The minimum absolute atomic E-state index is 0.0428. The van der Waals surface area contributed by atoms with E-state index in [9.17, 15) is 4.79 Å². The summed E-state index contributed by atoms with van der Waals surface area (Å²) in [4.78, 5) is 11.3. The second kappa shape index (κ2) is 6.75. The summed E-state index contributed by atoms with van der Waals surface area (Å²) in [6.07, 6.45) is -0.300. The van der Waals surface area contributed by atoms with Crippen LogP contribution in [0.15, 0.2) is 0 Å². The molecular formula is C9H20N2O3. The molecule has 0 rings (SSSR count). The van der Waals surface area contributed by atoms with Crippen LogP contribution in [0, 0.1) is 5.92 Å². The van der Waals surface area contributed by atoms with Crippen molar-refractivity contribution in [1.82, 2.24) is 5.32 Å². The van der Waals surface area contributed by atoms with Gasteiger partial charge in [0.1, 0.15) is 0 Å². The van der Waals surface area contributed by atoms with E-state index in [1.54, 1.807) is 0 Å². The lowest BCUT2D eigenvalue weighted by Crippen LogP contribution is -2.44. The van der Waals surface area contributed by atoms with E-state index in [4.69, 9.17) is 15.9 Å². The van der Waals surface area contributed by atoms with Crippen LogP contribution in [0.4, 0.5) is 0 Å². The molecule has 0 fully saturated rings. The van der Waals surface area contributed by atoms with Crippen LogP contribution < -0.4 is 11.1 Å². The fourth-order valence-electron chi connectivity index (χ4n) is 1.03. The Morgan fingerprint density at radius 2 is 2.07 bits per heavy atom. The lowest BCUT2D eigenvalue weighted by molar-refractivity contribution is -0.123. The highest BCUT2D eigenvalue weighted by atomic mass is 16.3. The zero-order valence-corrected chi connectivity index (χ0v) is 8.73. The van der Waals surface area contributed by atoms with Crippen molar-refractivity contribution in [2.24, 2.45) is 11.7 Å². The molecule has 5 heteroatoms. The van der Waals surface area contributed by atoms with Gasteiger partial charge in [0.25, 0.3) is 0 Å². The minimum Gasteiger partial charge on any atom is -0.394 e. The topological polar surface area (TPSA) is 95.6 Å². The summed E-state index contributed by atoms with van der Waals surface area (Å²) in [5.41, 5.74) is 5.59. The number of carbonyl (C=O) groups is 1. The van der Waals surface area contributed by atoms with Crippen molar-refractivity contribution in [1.29, 1.82) is 0 Å². The van der Waals surface area contributed by atoms with E-state index >= 15 is 0 Å². The molecule has 1 unspecified atom stereocenters. The van der Waals surface area contributed by atoms with Crippen LogP contribution in [-0.2, 0) is 4.79 Å². The molecule has 1 amide bonds. The molecule has 0 saturated heterocycles. The maximum absolute atomic E-state index is 11.3. The van der Waals surface area contributed by atoms with Crippen LogP contribution in [0.2, 0.25) is 0 Å². The number of aliphatic hydroxyl groups excluding tert-OH is 2. The Kier molecular flexibility index (Phi) is 6.44. The lowest BCUT2D eigenvalue weighted by Gasteiger charge is -2.15. The van der Waals surface area contributed by atoms with Crippen molar-refractivity contribution in [3.8, 4) is 0 Å². The summed E-state index contributed by atoms with van der Waals surface area (Å²) in [5, 5.41) is 19.9. The van der Waals surface area contributed by atoms with Gasteiger partial charge in [-0.15, -0.1) is 0 Å². The van der Waals surface area contributed by atoms with Crippen molar-refractivity contribution >= 4 is 5.91 Å². The lowest BCUT2D eigenvalue weighted by atomic mass is 10.0. The maximum Gasteiger partial charge on any atom is 0.237 e. The molecule has 0 aromatic carbocycles. The Labute approximate surface area is 84.3 Å². The summed E-state index contributed by atoms with van der Waals surface area (Å²) in [7, 11) is 0. The molecule has 5 N–H and O–H groups in total. The quantitative estimate of drug-likeness (QED) is 0.438. The zero-order valence-electron chi connectivity index (χ0n) is 8.73. The monoisotopic (exact) mass is 204 g/mol. The highest BCUT2D eigenvalue weighted by Crippen LogP contribution is 2.02. The summed E-state index contributed by atoms with van der Waals surface area (Å²) >= 11 is 0. The average Bonchev–Trinajstić information content (AvgIpc) is 2.12. The summed E-state index contributed by atoms with van der Waals surface area (Å²) in [6, 6.07) is -0.541. The average molecular weight is 204 g/mol. The molecule has 0 spiro atoms. The Morgan fingerprint density at radius 3 is 2.50 bits per heavy atom. The number of amides is 1. The van der Waals surface area contributed by atoms with E-state index in [-0.39, 0.29) is 19.1 Å². The number of nitrogens with two attached hydrogens (primary N) is 1. The minimum atomic E-state index is -0.912. The fraction of sp³-hybridized carbons (Fsp3) is 0.889. The Bertz CT molecular complexity index is 173. The molecule has 0 aliphatic rings. The van der Waals surface area contributed by atoms with E-state index in [0.29, 0.717) is 12.3 Å². The van der Waals surface area contributed by atoms with Gasteiger partial charge in [0.2, 0.25) is 5.91 Å². The predicted molar refractivity (Wildman–Crippen MR) is 53.5 cm³/mol. The van der Waals surface area contributed by atoms with Gasteiger partial charge in [-0.3, -0.25) is 4.79 Å². The second-order valence-electron chi connectivity index (χ2n) is 3.82. The highest BCUT2D eigenvalue weighted by molar-refractivity contribution is 5.81. The number of aliphatic hydroxyl groups is 2. The summed E-state index contributed by atoms with van der Waals surface area (Å²) in [6.45, 7) is 3.65. The third-order valence-corrected chi connectivity index (χ3v) is 1.78. The number of rotatable bonds is 6. The van der Waals surface area contributed by atoms with Gasteiger partial charge in [-0.25, -0.2) is 0 Å². The number of nitrogens with one attached hydrogen (secondary N) is 1. The van der Waals surface area contributed by atoms with Crippen LogP contribution in [0.25, 0.3) is 0 Å². The third-order valence-electron chi connectivity index (χ3n) is 1.78. The van der Waals surface area contributed by atoms with Crippen LogP contribution in [0.3, 0.4) is 0 Å². The molecule has 0 aliphatic heterocycles. The normalized spacial score (nSPS) is 15.3. The van der Waals surface area contributed by atoms with Gasteiger partial charge >= 0.3 is 0 Å². The predicted octanol–water partition coefficient (Wildman–Crippen LogP) is -1.17. The van der Waals surface area contributed by atoms with Crippen molar-refractivity contribution < 1.29 is 15.0 Å². The van der Waals surface area contributed by atoms with Crippen LogP contribution >= 0.6 is 0 Å². The van der Waals surface area contributed by atoms with E-state index in [1.807, 2.05) is 13.8 Å². The standard InChI is InChI=1S/C9H20N2O3/c1-6(2)3-8(10)9(14)11-4-7(13)5-12/h6-8,12-13H,3-5,10H2,1-2H3,(H,11,14)/t7?,8-/m1/s1. The molecule has 2 atom stereocenters. The largest absolute Gasteiger partial charge is 0.394 e. The molecule has 0 aromatic heterocycles. The van der Waals surface area contributed by atoms with Crippen molar-refractivity contribution in [3.05, 3.63) is 0 Å². The van der Waals surface area contributed by atoms with Gasteiger partial charge in [0.15, 0.2) is 0 Å². The molecule has 0 radical (unpaired) electrons. The Morgan fingerprint density at radius 1 is 1.50 bits per heavy atom. The van der Waals surface area contributed by atoms with Crippen molar-refractivity contribution in [2.75, 3.05) is 13.2 Å². The molecule has 0 saturated carbocycles. The zero-order chi connectivity index (χ0) is 11.1. The van der Waals surface area contributed by atoms with Gasteiger partial charge in [0.05, 0.1) is 18.8 Å². The van der Waals surface area contributed by atoms with E-state index in [0.717, 1.165) is 0 Å². The number of carbonyl (C=O) groups excluding carboxylic acids is 1. The summed E-state index contributed by atoms with van der Waals surface area (Å²) < 4.78 is 0. The second-order valence-corrected chi connectivity index (χ2v) is 3.82. The molecule has 0 aliphatic carbocycles. The molecule has 84 valence electrons. The van der Waals surface area contributed by atoms with Crippen LogP contribution in [0.1, 0.15) is 20.3 Å². The first-order valence-electron chi connectivity index (χ1n) is 4.79. The smallest absolute Gasteiger partial charge is 0.237 e. The van der Waals surface area contributed by atoms with Gasteiger partial charge < -0.3 is 21.3 Å². The third kappa shape index (κ3) is 5.90. The Balaban J connectivity index is 3.73. The van der Waals surface area contributed by atoms with Gasteiger partial charge in [-0.2, -0.15) is 0 Å². The Hall–Kier alpha value is -0.650. The first-order chi connectivity index (χ1) is 6.47. The molecule has 14 heavy (non-hydrogen) atoms. The molecule has 5 nitrogen and oxygen atoms in total. The molecule has 0 heterocycles. The summed E-state index contributed by atoms with van der Waals surface area (Å²) in [5.74, 6) is 0.0738. The molecule has 0 aromatic rings. The number of hydrogen-bond donors (Lipinski definition) is 4. The van der Waals surface area contributed by atoms with Gasteiger partial charge in [-0.05, 0) is 12.3 Å². The first-order valence-corrected chi connectivity index (χ1v) is 4.79. The molecule has 0 bridgehead atoms. The van der Waals surface area contributed by atoms with Gasteiger partial charge in [0, 0.05) is 6.54 Å². The van der Waals surface area contributed by atoms with Crippen molar-refractivity contribution in [3.63, 3.8) is 0 Å². The number of hydrogen-bond acceptors (Lipinski definition) is 4.